The van der Waals surface area contributed by atoms with Gasteiger partial charge in [0, 0.05) is 23.2 Å². The van der Waals surface area contributed by atoms with Gasteiger partial charge in [0.1, 0.15) is 0 Å². The second-order valence-electron chi connectivity index (χ2n) is 6.60. The number of aromatic nitrogens is 1. The van der Waals surface area contributed by atoms with E-state index in [1.54, 1.807) is 13.8 Å². The van der Waals surface area contributed by atoms with Crippen molar-refractivity contribution in [2.24, 2.45) is 0 Å². The van der Waals surface area contributed by atoms with Gasteiger partial charge in [0.2, 0.25) is 0 Å². The van der Waals surface area contributed by atoms with E-state index >= 15 is 0 Å². The van der Waals surface area contributed by atoms with Crippen LogP contribution in [0.4, 0.5) is 11.4 Å². The van der Waals surface area contributed by atoms with E-state index in [0.29, 0.717) is 22.5 Å². The first-order valence-electron chi connectivity index (χ1n) is 8.86. The number of hydrogen-bond donors (Lipinski definition) is 1. The molecule has 0 aliphatic rings. The van der Waals surface area contributed by atoms with E-state index in [9.17, 15) is 19.7 Å². The molecule has 0 spiro atoms. The first kappa shape index (κ1) is 19.9. The maximum Gasteiger partial charge on any atom is 0.340 e. The van der Waals surface area contributed by atoms with Crippen LogP contribution in [0.5, 0.6) is 0 Å². The number of nitrogens with one attached hydrogen (secondary N) is 1. The molecule has 0 saturated carbocycles. The number of carbonyl (C=O) groups is 2. The van der Waals surface area contributed by atoms with Gasteiger partial charge in [-0.3, -0.25) is 19.9 Å². The molecular weight excluding hydrogens is 374 g/mol. The lowest BCUT2D eigenvalue weighted by molar-refractivity contribution is -0.384. The fourth-order valence-electron chi connectivity index (χ4n) is 3.12. The largest absolute Gasteiger partial charge is 0.452 e. The molecule has 0 unspecified atom stereocenters. The SMILES string of the molecule is Cc1cc([N+](=O)[O-])ccc1NC(=O)COC(=O)c1c(C)nc2ccccc2c1C. The number of amides is 1. The van der Waals surface area contributed by atoms with E-state index in [1.807, 2.05) is 31.2 Å². The average molecular weight is 393 g/mol. The molecule has 1 N–H and O–H groups in total. The molecule has 1 amide bonds. The van der Waals surface area contributed by atoms with Crippen molar-refractivity contribution in [3.63, 3.8) is 0 Å². The quantitative estimate of drug-likeness (QED) is 0.400. The molecule has 2 aromatic carbocycles. The number of nitro benzene ring substituents is 1. The molecule has 0 saturated heterocycles. The lowest BCUT2D eigenvalue weighted by Crippen LogP contribution is -2.22. The Balaban J connectivity index is 1.70. The molecule has 0 aliphatic heterocycles. The number of rotatable bonds is 5. The van der Waals surface area contributed by atoms with Crippen molar-refractivity contribution in [1.29, 1.82) is 0 Å². The second kappa shape index (κ2) is 8.05. The number of carbonyl (C=O) groups excluding carboxylic acids is 2. The number of ether oxygens (including phenoxy) is 1. The maximum absolute atomic E-state index is 12.6. The van der Waals surface area contributed by atoms with E-state index in [0.717, 1.165) is 16.5 Å². The van der Waals surface area contributed by atoms with Gasteiger partial charge in [-0.05, 0) is 44.0 Å². The Morgan fingerprint density at radius 1 is 1.14 bits per heavy atom. The summed E-state index contributed by atoms with van der Waals surface area (Å²) in [5, 5.41) is 14.2. The van der Waals surface area contributed by atoms with Crippen LogP contribution in [-0.2, 0) is 9.53 Å². The zero-order valence-electron chi connectivity index (χ0n) is 16.2. The molecule has 1 aromatic heterocycles. The third-order valence-corrected chi connectivity index (χ3v) is 4.57. The predicted molar refractivity (Wildman–Crippen MR) is 108 cm³/mol. The molecule has 1 heterocycles. The highest BCUT2D eigenvalue weighted by Gasteiger charge is 2.19. The normalized spacial score (nSPS) is 10.6. The summed E-state index contributed by atoms with van der Waals surface area (Å²) in [5.74, 6) is -1.17. The topological polar surface area (TPSA) is 111 Å². The van der Waals surface area contributed by atoms with Crippen molar-refractivity contribution >= 4 is 34.2 Å². The minimum absolute atomic E-state index is 0.0679. The van der Waals surface area contributed by atoms with E-state index in [2.05, 4.69) is 10.3 Å². The van der Waals surface area contributed by atoms with Gasteiger partial charge in [-0.2, -0.15) is 0 Å². The van der Waals surface area contributed by atoms with E-state index < -0.39 is 23.4 Å². The van der Waals surface area contributed by atoms with Crippen molar-refractivity contribution in [1.82, 2.24) is 4.98 Å². The van der Waals surface area contributed by atoms with Crippen molar-refractivity contribution < 1.29 is 19.2 Å². The number of esters is 1. The molecule has 0 fully saturated rings. The number of nitrogens with zero attached hydrogens (tertiary/aromatic N) is 2. The molecule has 3 aromatic rings. The van der Waals surface area contributed by atoms with E-state index in [4.69, 9.17) is 4.74 Å². The highest BCUT2D eigenvalue weighted by Crippen LogP contribution is 2.24. The fraction of sp³-hybridized carbons (Fsp3) is 0.190. The first-order valence-corrected chi connectivity index (χ1v) is 8.86. The van der Waals surface area contributed by atoms with Crippen LogP contribution in [0.3, 0.4) is 0 Å². The Labute approximate surface area is 166 Å². The first-order chi connectivity index (χ1) is 13.8. The second-order valence-corrected chi connectivity index (χ2v) is 6.60. The summed E-state index contributed by atoms with van der Waals surface area (Å²) < 4.78 is 5.18. The Morgan fingerprint density at radius 2 is 1.86 bits per heavy atom. The molecule has 29 heavy (non-hydrogen) atoms. The Bertz CT molecular complexity index is 1140. The third-order valence-electron chi connectivity index (χ3n) is 4.57. The van der Waals surface area contributed by atoms with Crippen LogP contribution in [0.15, 0.2) is 42.5 Å². The molecule has 0 radical (unpaired) electrons. The van der Waals surface area contributed by atoms with Crippen LogP contribution in [0.2, 0.25) is 0 Å². The number of non-ortho nitro benzene ring substituents is 1. The summed E-state index contributed by atoms with van der Waals surface area (Å²) in [6, 6.07) is 11.6. The summed E-state index contributed by atoms with van der Waals surface area (Å²) in [4.78, 5) is 39.4. The molecule has 0 bridgehead atoms. The van der Waals surface area contributed by atoms with Crippen LogP contribution in [-0.4, -0.2) is 28.4 Å². The maximum atomic E-state index is 12.6. The van der Waals surface area contributed by atoms with Crippen LogP contribution in [0, 0.1) is 30.9 Å². The van der Waals surface area contributed by atoms with Crippen molar-refractivity contribution in [2.75, 3.05) is 11.9 Å². The van der Waals surface area contributed by atoms with Gasteiger partial charge in [-0.1, -0.05) is 18.2 Å². The van der Waals surface area contributed by atoms with Gasteiger partial charge < -0.3 is 10.1 Å². The van der Waals surface area contributed by atoms with Crippen LogP contribution >= 0.6 is 0 Å². The summed E-state index contributed by atoms with van der Waals surface area (Å²) in [6.45, 7) is 4.69. The zero-order valence-corrected chi connectivity index (χ0v) is 16.2. The molecule has 8 heteroatoms. The third kappa shape index (κ3) is 4.21. The lowest BCUT2D eigenvalue weighted by atomic mass is 10.0. The molecule has 148 valence electrons. The molecular formula is C21H19N3O5. The smallest absolute Gasteiger partial charge is 0.340 e. The van der Waals surface area contributed by atoms with Gasteiger partial charge in [-0.15, -0.1) is 0 Å². The highest BCUT2D eigenvalue weighted by atomic mass is 16.6. The Kier molecular flexibility index (Phi) is 5.54. The number of pyridine rings is 1. The van der Waals surface area contributed by atoms with Crippen LogP contribution < -0.4 is 5.32 Å². The molecule has 8 nitrogen and oxygen atoms in total. The Hall–Kier alpha value is -3.81. The standard InChI is InChI=1S/C21H19N3O5/c1-12-10-15(24(27)28)8-9-17(12)23-19(25)11-29-21(26)20-13(2)16-6-4-5-7-18(16)22-14(20)3/h4-10H,11H2,1-3H3,(H,23,25). The van der Waals surface area contributed by atoms with Crippen molar-refractivity contribution in [2.45, 2.75) is 20.8 Å². The van der Waals surface area contributed by atoms with Crippen molar-refractivity contribution in [3.05, 3.63) is 75.0 Å². The number of benzene rings is 2. The number of para-hydroxylation sites is 1. The highest BCUT2D eigenvalue weighted by molar-refractivity contribution is 6.00. The molecule has 0 atom stereocenters. The molecule has 0 aliphatic carbocycles. The molecule has 3 rings (SSSR count). The number of aryl methyl sites for hydroxylation is 3. The van der Waals surface area contributed by atoms with E-state index in [1.165, 1.54) is 18.2 Å². The lowest BCUT2D eigenvalue weighted by Gasteiger charge is -2.12. The zero-order chi connectivity index (χ0) is 21.1. The number of nitro groups is 1. The van der Waals surface area contributed by atoms with E-state index in [-0.39, 0.29) is 5.69 Å². The summed E-state index contributed by atoms with van der Waals surface area (Å²) >= 11 is 0. The average Bonchev–Trinajstić information content (AvgIpc) is 2.67. The monoisotopic (exact) mass is 393 g/mol. The van der Waals surface area contributed by atoms with Crippen LogP contribution in [0.25, 0.3) is 10.9 Å². The van der Waals surface area contributed by atoms with Gasteiger partial charge in [0.15, 0.2) is 6.61 Å². The summed E-state index contributed by atoms with van der Waals surface area (Å²) in [7, 11) is 0. The van der Waals surface area contributed by atoms with Gasteiger partial charge in [0.05, 0.1) is 21.7 Å². The summed E-state index contributed by atoms with van der Waals surface area (Å²) in [5.41, 5.74) is 3.26. The summed E-state index contributed by atoms with van der Waals surface area (Å²) in [6.07, 6.45) is 0. The van der Waals surface area contributed by atoms with Crippen molar-refractivity contribution in [3.8, 4) is 0 Å². The predicted octanol–water partition coefficient (Wildman–Crippen LogP) is 3.86. The van der Waals surface area contributed by atoms with Gasteiger partial charge >= 0.3 is 5.97 Å². The minimum atomic E-state index is -0.631. The number of anilines is 1. The number of hydrogen-bond acceptors (Lipinski definition) is 6. The van der Waals surface area contributed by atoms with Gasteiger partial charge in [-0.25, -0.2) is 4.79 Å². The fourth-order valence-corrected chi connectivity index (χ4v) is 3.12. The van der Waals surface area contributed by atoms with Gasteiger partial charge in [0.25, 0.3) is 11.6 Å². The minimum Gasteiger partial charge on any atom is -0.452 e. The Morgan fingerprint density at radius 3 is 2.55 bits per heavy atom. The van der Waals surface area contributed by atoms with Crippen LogP contribution in [0.1, 0.15) is 27.2 Å². The number of fused-ring (bicyclic) bond motifs is 1.